The number of aliphatic hydroxyl groups is 2. The molecule has 3 N–H and O–H groups in total. The maximum atomic E-state index is 13.7. The third kappa shape index (κ3) is 4.43. The molecule has 0 spiro atoms. The van der Waals surface area contributed by atoms with Gasteiger partial charge in [-0.15, -0.1) is 0 Å². The molecule has 0 saturated carbocycles. The average Bonchev–Trinajstić information content (AvgIpc) is 3.56. The van der Waals surface area contributed by atoms with Crippen LogP contribution in [0, 0.1) is 0 Å². The first-order chi connectivity index (χ1) is 19.0. The lowest BCUT2D eigenvalue weighted by Crippen LogP contribution is -2.41. The van der Waals surface area contributed by atoms with E-state index in [2.05, 4.69) is 20.0 Å². The Morgan fingerprint density at radius 1 is 1.08 bits per heavy atom. The number of aryl methyl sites for hydroxylation is 2. The van der Waals surface area contributed by atoms with Gasteiger partial charge in [-0.3, -0.25) is 14.3 Å². The SMILES string of the molecule is Cn1cc(-c2cccc(N3CCn4c(cc5c4CCCC5)C3=O)c2CO)nc(Nc2cnn(CCO)c2)c1=O. The van der Waals surface area contributed by atoms with Gasteiger partial charge in [-0.05, 0) is 43.4 Å². The van der Waals surface area contributed by atoms with Crippen LogP contribution >= 0.6 is 0 Å². The minimum atomic E-state index is -0.328. The number of rotatable bonds is 7. The lowest BCUT2D eigenvalue weighted by molar-refractivity contribution is 0.0964. The van der Waals surface area contributed by atoms with Gasteiger partial charge in [0.2, 0.25) is 0 Å². The first kappa shape index (κ1) is 25.1. The number of nitrogens with one attached hydrogen (secondary N) is 1. The first-order valence-electron chi connectivity index (χ1n) is 13.2. The predicted molar refractivity (Wildman–Crippen MR) is 146 cm³/mol. The summed E-state index contributed by atoms with van der Waals surface area (Å²) < 4.78 is 5.16. The van der Waals surface area contributed by atoms with Crippen LogP contribution in [0.5, 0.6) is 0 Å². The number of aromatic nitrogens is 5. The third-order valence-electron chi connectivity index (χ3n) is 7.59. The number of carbonyl (C=O) groups is 1. The molecule has 3 aromatic heterocycles. The summed E-state index contributed by atoms with van der Waals surface area (Å²) in [5, 5.41) is 26.8. The van der Waals surface area contributed by atoms with Crippen molar-refractivity contribution in [3.8, 4) is 11.3 Å². The second-order valence-electron chi connectivity index (χ2n) is 10.0. The van der Waals surface area contributed by atoms with Gasteiger partial charge < -0.3 is 29.6 Å². The van der Waals surface area contributed by atoms with Crippen molar-refractivity contribution in [1.29, 1.82) is 0 Å². The Balaban J connectivity index is 1.36. The van der Waals surface area contributed by atoms with Crippen LogP contribution in [-0.2, 0) is 39.6 Å². The molecule has 0 atom stereocenters. The van der Waals surface area contributed by atoms with Crippen molar-refractivity contribution in [3.63, 3.8) is 0 Å². The van der Waals surface area contributed by atoms with Crippen molar-refractivity contribution in [1.82, 2.24) is 23.9 Å². The van der Waals surface area contributed by atoms with Crippen LogP contribution < -0.4 is 15.8 Å². The van der Waals surface area contributed by atoms with Crippen LogP contribution in [0.3, 0.4) is 0 Å². The van der Waals surface area contributed by atoms with Crippen LogP contribution in [0.1, 0.15) is 40.2 Å². The molecule has 0 bridgehead atoms. The number of carbonyl (C=O) groups excluding carboxylic acids is 1. The van der Waals surface area contributed by atoms with Gasteiger partial charge in [0.1, 0.15) is 5.69 Å². The average molecular weight is 530 g/mol. The number of fused-ring (bicyclic) bond motifs is 3. The van der Waals surface area contributed by atoms with Crippen LogP contribution in [0.2, 0.25) is 0 Å². The van der Waals surface area contributed by atoms with Gasteiger partial charge in [0.05, 0.1) is 43.0 Å². The largest absolute Gasteiger partial charge is 0.394 e. The Morgan fingerprint density at radius 2 is 1.92 bits per heavy atom. The number of aliphatic hydroxyl groups excluding tert-OH is 2. The summed E-state index contributed by atoms with van der Waals surface area (Å²) in [5.41, 5.74) is 5.84. The highest BCUT2D eigenvalue weighted by molar-refractivity contribution is 6.07. The van der Waals surface area contributed by atoms with Gasteiger partial charge in [0.15, 0.2) is 5.82 Å². The first-order valence-corrected chi connectivity index (χ1v) is 13.2. The van der Waals surface area contributed by atoms with Crippen LogP contribution in [0.4, 0.5) is 17.2 Å². The summed E-state index contributed by atoms with van der Waals surface area (Å²) >= 11 is 0. The molecule has 0 unspecified atom stereocenters. The number of amides is 1. The summed E-state index contributed by atoms with van der Waals surface area (Å²) in [4.78, 5) is 32.9. The molecule has 6 rings (SSSR count). The van der Waals surface area contributed by atoms with Gasteiger partial charge in [-0.25, -0.2) is 4.98 Å². The number of hydrogen-bond acceptors (Lipinski definition) is 7. The molecule has 0 fully saturated rings. The van der Waals surface area contributed by atoms with E-state index in [1.165, 1.54) is 15.8 Å². The molecule has 1 aliphatic carbocycles. The maximum Gasteiger partial charge on any atom is 0.293 e. The molecular weight excluding hydrogens is 498 g/mol. The molecule has 11 nitrogen and oxygen atoms in total. The lowest BCUT2D eigenvalue weighted by Gasteiger charge is -2.31. The number of hydrogen-bond donors (Lipinski definition) is 3. The smallest absolute Gasteiger partial charge is 0.293 e. The molecule has 1 aromatic carbocycles. The standard InChI is InChI=1S/C28H31N7O4/c1-32-16-22(31-26(28(32)39)30-19-14-29-33(15-19)11-12-36)20-6-4-8-24(21(20)17-37)35-10-9-34-23-7-3-2-5-18(23)13-25(34)27(35)38/h4,6,8,13-16,36-37H,2-3,5,7,9-12,17H2,1H3,(H,30,31). The molecule has 39 heavy (non-hydrogen) atoms. The second kappa shape index (κ2) is 10.2. The van der Waals surface area contributed by atoms with Crippen molar-refractivity contribution in [2.45, 2.75) is 45.4 Å². The molecular formula is C28H31N7O4. The summed E-state index contributed by atoms with van der Waals surface area (Å²) in [5.74, 6) is 0.0310. The zero-order valence-corrected chi connectivity index (χ0v) is 21.8. The summed E-state index contributed by atoms with van der Waals surface area (Å²) in [6, 6.07) is 7.57. The minimum Gasteiger partial charge on any atom is -0.394 e. The number of anilines is 3. The molecule has 0 saturated heterocycles. The molecule has 1 aliphatic heterocycles. The zero-order valence-electron chi connectivity index (χ0n) is 21.8. The van der Waals surface area contributed by atoms with E-state index in [0.717, 1.165) is 25.7 Å². The van der Waals surface area contributed by atoms with Crippen molar-refractivity contribution in [2.24, 2.45) is 7.05 Å². The predicted octanol–water partition coefficient (Wildman–Crippen LogP) is 2.21. The van der Waals surface area contributed by atoms with Gasteiger partial charge >= 0.3 is 0 Å². The van der Waals surface area contributed by atoms with E-state index in [0.29, 0.717) is 53.5 Å². The fourth-order valence-electron chi connectivity index (χ4n) is 5.71. The molecule has 2 aliphatic rings. The lowest BCUT2D eigenvalue weighted by atomic mass is 9.98. The van der Waals surface area contributed by atoms with Crippen LogP contribution in [0.15, 0.2) is 47.7 Å². The third-order valence-corrected chi connectivity index (χ3v) is 7.59. The summed E-state index contributed by atoms with van der Waals surface area (Å²) in [6.07, 6.45) is 9.18. The van der Waals surface area contributed by atoms with Gasteiger partial charge in [-0.2, -0.15) is 5.10 Å². The molecule has 202 valence electrons. The van der Waals surface area contributed by atoms with E-state index in [1.807, 2.05) is 24.3 Å². The quantitative estimate of drug-likeness (QED) is 0.335. The Bertz CT molecular complexity index is 1620. The fourth-order valence-corrected chi connectivity index (χ4v) is 5.71. The Morgan fingerprint density at radius 3 is 2.74 bits per heavy atom. The van der Waals surface area contributed by atoms with Crippen molar-refractivity contribution in [2.75, 3.05) is 23.4 Å². The van der Waals surface area contributed by atoms with Crippen molar-refractivity contribution >= 4 is 23.1 Å². The van der Waals surface area contributed by atoms with Gasteiger partial charge in [-0.1, -0.05) is 12.1 Å². The highest BCUT2D eigenvalue weighted by atomic mass is 16.3. The van der Waals surface area contributed by atoms with Crippen LogP contribution in [-0.4, -0.2) is 53.2 Å². The van der Waals surface area contributed by atoms with Gasteiger partial charge in [0, 0.05) is 49.4 Å². The van der Waals surface area contributed by atoms with E-state index in [4.69, 9.17) is 5.11 Å². The molecule has 11 heteroatoms. The van der Waals surface area contributed by atoms with E-state index < -0.39 is 0 Å². The Labute approximate surface area is 225 Å². The van der Waals surface area contributed by atoms with Gasteiger partial charge in [0.25, 0.3) is 11.5 Å². The zero-order chi connectivity index (χ0) is 27.1. The maximum absolute atomic E-state index is 13.7. The highest BCUT2D eigenvalue weighted by Crippen LogP contribution is 2.35. The summed E-state index contributed by atoms with van der Waals surface area (Å²) in [7, 11) is 1.64. The number of benzene rings is 1. The molecule has 0 radical (unpaired) electrons. The topological polar surface area (TPSA) is 130 Å². The molecule has 1 amide bonds. The van der Waals surface area contributed by atoms with E-state index in [9.17, 15) is 14.7 Å². The molecule has 4 heterocycles. The Kier molecular flexibility index (Phi) is 6.53. The second-order valence-corrected chi connectivity index (χ2v) is 10.0. The molecule has 4 aromatic rings. The van der Waals surface area contributed by atoms with E-state index in [1.54, 1.807) is 35.2 Å². The minimum absolute atomic E-state index is 0.0510. The van der Waals surface area contributed by atoms with E-state index >= 15 is 0 Å². The Hall–Kier alpha value is -4.22. The monoisotopic (exact) mass is 529 g/mol. The highest BCUT2D eigenvalue weighted by Gasteiger charge is 2.31. The number of nitrogens with zero attached hydrogens (tertiary/aromatic N) is 6. The fraction of sp³-hybridized carbons (Fsp3) is 0.357. The van der Waals surface area contributed by atoms with Crippen molar-refractivity contribution < 1.29 is 15.0 Å². The normalized spacial score (nSPS) is 14.8. The van der Waals surface area contributed by atoms with Crippen molar-refractivity contribution in [3.05, 3.63) is 75.7 Å². The van der Waals surface area contributed by atoms with Crippen LogP contribution in [0.25, 0.3) is 11.3 Å². The summed E-state index contributed by atoms with van der Waals surface area (Å²) in [6.45, 7) is 1.21. The van der Waals surface area contributed by atoms with E-state index in [-0.39, 0.29) is 30.5 Å².